The van der Waals surface area contributed by atoms with Crippen molar-refractivity contribution in [1.82, 2.24) is 4.57 Å². The zero-order valence-corrected chi connectivity index (χ0v) is 14.3. The fourth-order valence-electron chi connectivity index (χ4n) is 2.17. The predicted molar refractivity (Wildman–Crippen MR) is 92.7 cm³/mol. The van der Waals surface area contributed by atoms with Gasteiger partial charge in [0.2, 0.25) is 5.91 Å². The average Bonchev–Trinajstić information content (AvgIpc) is 2.43. The molecule has 0 saturated heterocycles. The molecule has 1 heterocycles. The zero-order valence-electron chi connectivity index (χ0n) is 12.2. The molecule has 2 aromatic rings. The maximum Gasteiger partial charge on any atom is 0.269 e. The number of nitrogens with one attached hydrogen (secondary N) is 1. The lowest BCUT2D eigenvalue weighted by Crippen LogP contribution is -2.31. The van der Waals surface area contributed by atoms with E-state index >= 15 is 0 Å². The molecule has 0 saturated carbocycles. The van der Waals surface area contributed by atoms with Gasteiger partial charge in [0, 0.05) is 15.0 Å². The molecular weight excluding hydrogens is 393 g/mol. The van der Waals surface area contributed by atoms with E-state index in [4.69, 9.17) is 5.26 Å². The highest BCUT2D eigenvalue weighted by molar-refractivity contribution is 14.1. The monoisotopic (exact) mass is 407 g/mol. The van der Waals surface area contributed by atoms with Gasteiger partial charge in [0.25, 0.3) is 5.56 Å². The normalized spacial score (nSPS) is 10.1. The number of hydrogen-bond acceptors (Lipinski definition) is 3. The van der Waals surface area contributed by atoms with Gasteiger partial charge < -0.3 is 9.88 Å². The van der Waals surface area contributed by atoms with E-state index in [9.17, 15) is 9.59 Å². The van der Waals surface area contributed by atoms with Gasteiger partial charge in [0.1, 0.15) is 18.2 Å². The number of halogens is 1. The summed E-state index contributed by atoms with van der Waals surface area (Å²) in [6.45, 7) is 3.34. The van der Waals surface area contributed by atoms with E-state index < -0.39 is 5.56 Å². The quantitative estimate of drug-likeness (QED) is 0.795. The second-order valence-corrected chi connectivity index (χ2v) is 6.15. The number of aryl methyl sites for hydroxylation is 2. The van der Waals surface area contributed by atoms with Crippen LogP contribution in [0, 0.1) is 28.7 Å². The van der Waals surface area contributed by atoms with Crippen molar-refractivity contribution in [2.24, 2.45) is 0 Å². The van der Waals surface area contributed by atoms with E-state index in [-0.39, 0.29) is 18.0 Å². The highest BCUT2D eigenvalue weighted by atomic mass is 127. The van der Waals surface area contributed by atoms with Crippen molar-refractivity contribution < 1.29 is 4.79 Å². The van der Waals surface area contributed by atoms with Gasteiger partial charge in [-0.15, -0.1) is 0 Å². The van der Waals surface area contributed by atoms with E-state index in [1.54, 1.807) is 26.0 Å². The molecule has 1 N–H and O–H groups in total. The second-order valence-electron chi connectivity index (χ2n) is 4.91. The van der Waals surface area contributed by atoms with Gasteiger partial charge >= 0.3 is 0 Å². The Balaban J connectivity index is 2.26. The molecular formula is C16H14IN3O2. The standard InChI is InChI=1S/C16H14IN3O2/c1-10-6-11(2)20(16(22)14(10)8-18)9-15(21)19-13-5-3-4-12(17)7-13/h3-7H,9H2,1-2H3,(H,19,21). The number of hydrogen-bond donors (Lipinski definition) is 1. The van der Waals surface area contributed by atoms with Crippen molar-refractivity contribution in [1.29, 1.82) is 5.26 Å². The minimum atomic E-state index is -0.433. The summed E-state index contributed by atoms with van der Waals surface area (Å²) < 4.78 is 2.32. The molecule has 2 rings (SSSR count). The van der Waals surface area contributed by atoms with Gasteiger partial charge in [-0.3, -0.25) is 9.59 Å². The molecule has 0 aliphatic rings. The lowest BCUT2D eigenvalue weighted by Gasteiger charge is -2.12. The fourth-order valence-corrected chi connectivity index (χ4v) is 2.71. The molecule has 0 aliphatic heterocycles. The Hall–Kier alpha value is -2.14. The minimum absolute atomic E-state index is 0.0765. The molecule has 0 fully saturated rings. The number of amides is 1. The molecule has 0 aliphatic carbocycles. The molecule has 0 spiro atoms. The topological polar surface area (TPSA) is 74.9 Å². The average molecular weight is 407 g/mol. The third kappa shape index (κ3) is 3.54. The predicted octanol–water partition coefficient (Wildman–Crippen LogP) is 2.58. The Labute approximate surface area is 141 Å². The summed E-state index contributed by atoms with van der Waals surface area (Å²) in [5, 5.41) is 11.8. The molecule has 112 valence electrons. The number of anilines is 1. The van der Waals surface area contributed by atoms with Crippen molar-refractivity contribution in [2.75, 3.05) is 5.32 Å². The first-order chi connectivity index (χ1) is 10.4. The van der Waals surface area contributed by atoms with Gasteiger partial charge in [0.05, 0.1) is 0 Å². The van der Waals surface area contributed by atoms with Crippen molar-refractivity contribution in [3.8, 4) is 6.07 Å². The summed E-state index contributed by atoms with van der Waals surface area (Å²) in [5.41, 5.74) is 1.60. The molecule has 0 bridgehead atoms. The van der Waals surface area contributed by atoms with E-state index in [1.807, 2.05) is 24.3 Å². The summed E-state index contributed by atoms with van der Waals surface area (Å²) in [5.74, 6) is -0.306. The van der Waals surface area contributed by atoms with Crippen LogP contribution < -0.4 is 10.9 Å². The maximum atomic E-state index is 12.2. The van der Waals surface area contributed by atoms with Crippen LogP contribution in [0.4, 0.5) is 5.69 Å². The molecule has 0 radical (unpaired) electrons. The van der Waals surface area contributed by atoms with Crippen LogP contribution in [-0.4, -0.2) is 10.5 Å². The first-order valence-corrected chi connectivity index (χ1v) is 7.67. The van der Waals surface area contributed by atoms with E-state index in [1.165, 1.54) is 4.57 Å². The van der Waals surface area contributed by atoms with Crippen LogP contribution in [0.15, 0.2) is 35.1 Å². The summed E-state index contributed by atoms with van der Waals surface area (Å²) in [4.78, 5) is 24.4. The van der Waals surface area contributed by atoms with Crippen LogP contribution in [0.5, 0.6) is 0 Å². The minimum Gasteiger partial charge on any atom is -0.325 e. The van der Waals surface area contributed by atoms with Crippen LogP contribution in [0.2, 0.25) is 0 Å². The van der Waals surface area contributed by atoms with Crippen LogP contribution in [0.25, 0.3) is 0 Å². The van der Waals surface area contributed by atoms with Crippen LogP contribution in [0.1, 0.15) is 16.8 Å². The van der Waals surface area contributed by atoms with Crippen molar-refractivity contribution >= 4 is 34.2 Å². The van der Waals surface area contributed by atoms with Crippen molar-refractivity contribution in [2.45, 2.75) is 20.4 Å². The molecule has 0 atom stereocenters. The zero-order chi connectivity index (χ0) is 16.3. The molecule has 5 nitrogen and oxygen atoms in total. The maximum absolute atomic E-state index is 12.2. The lowest BCUT2D eigenvalue weighted by atomic mass is 10.1. The number of nitrogens with zero attached hydrogens (tertiary/aromatic N) is 2. The third-order valence-corrected chi connectivity index (χ3v) is 3.90. The summed E-state index contributed by atoms with van der Waals surface area (Å²) in [7, 11) is 0. The Morgan fingerprint density at radius 2 is 2.09 bits per heavy atom. The number of rotatable bonds is 3. The Morgan fingerprint density at radius 3 is 2.73 bits per heavy atom. The molecule has 6 heteroatoms. The van der Waals surface area contributed by atoms with Gasteiger partial charge in [-0.25, -0.2) is 0 Å². The van der Waals surface area contributed by atoms with Crippen molar-refractivity contribution in [3.05, 3.63) is 61.1 Å². The molecule has 0 unspecified atom stereocenters. The molecule has 1 aromatic heterocycles. The molecule has 1 aromatic carbocycles. The van der Waals surface area contributed by atoms with E-state index in [0.29, 0.717) is 16.9 Å². The number of carbonyl (C=O) groups is 1. The van der Waals surface area contributed by atoms with Crippen LogP contribution >= 0.6 is 22.6 Å². The van der Waals surface area contributed by atoms with E-state index in [2.05, 4.69) is 27.9 Å². The highest BCUT2D eigenvalue weighted by Crippen LogP contribution is 2.12. The lowest BCUT2D eigenvalue weighted by molar-refractivity contribution is -0.116. The van der Waals surface area contributed by atoms with Crippen molar-refractivity contribution in [3.63, 3.8) is 0 Å². The first-order valence-electron chi connectivity index (χ1n) is 6.59. The molecule has 1 amide bonds. The largest absolute Gasteiger partial charge is 0.325 e. The van der Waals surface area contributed by atoms with Gasteiger partial charge in [-0.05, 0) is 66.3 Å². The number of aromatic nitrogens is 1. The smallest absolute Gasteiger partial charge is 0.269 e. The van der Waals surface area contributed by atoms with Crippen LogP contribution in [0.3, 0.4) is 0 Å². The van der Waals surface area contributed by atoms with Gasteiger partial charge in [-0.2, -0.15) is 5.26 Å². The summed E-state index contributed by atoms with van der Waals surface area (Å²) >= 11 is 2.16. The number of pyridine rings is 1. The SMILES string of the molecule is Cc1cc(C)n(CC(=O)Nc2cccc(I)c2)c(=O)c1C#N. The van der Waals surface area contributed by atoms with Gasteiger partial charge in [-0.1, -0.05) is 6.07 Å². The van der Waals surface area contributed by atoms with E-state index in [0.717, 1.165) is 3.57 Å². The number of carbonyl (C=O) groups excluding carboxylic acids is 1. The summed E-state index contributed by atoms with van der Waals surface area (Å²) in [6.07, 6.45) is 0. The third-order valence-electron chi connectivity index (χ3n) is 3.23. The second kappa shape index (κ2) is 6.75. The molecule has 22 heavy (non-hydrogen) atoms. The summed E-state index contributed by atoms with van der Waals surface area (Å²) in [6, 6.07) is 11.0. The van der Waals surface area contributed by atoms with Gasteiger partial charge in [0.15, 0.2) is 0 Å². The first kappa shape index (κ1) is 16.2. The fraction of sp³-hybridized carbons (Fsp3) is 0.188. The number of nitriles is 1. The Kier molecular flexibility index (Phi) is 4.98. The number of benzene rings is 1. The highest BCUT2D eigenvalue weighted by Gasteiger charge is 2.13. The Bertz CT molecular complexity index is 834. The Morgan fingerprint density at radius 1 is 1.36 bits per heavy atom. The van der Waals surface area contributed by atoms with Crippen LogP contribution in [-0.2, 0) is 11.3 Å².